The van der Waals surface area contributed by atoms with Gasteiger partial charge in [-0.3, -0.25) is 4.79 Å². The molecule has 1 saturated heterocycles. The van der Waals surface area contributed by atoms with Crippen LogP contribution in [0.3, 0.4) is 0 Å². The Bertz CT molecular complexity index is 512. The Morgan fingerprint density at radius 1 is 1.38 bits per heavy atom. The van der Waals surface area contributed by atoms with Crippen LogP contribution in [0.1, 0.15) is 24.9 Å². The molecule has 0 saturated carbocycles. The van der Waals surface area contributed by atoms with E-state index < -0.39 is 23.5 Å². The standard InChI is InChI=1S/C15H20N2O4/c1-10(12(16)11-5-3-2-4-6-11)13(18)17-15(14(19)20)7-8-21-9-15/h2-6,10,12H,7-9,16H2,1H3,(H,17,18)(H,19,20). The zero-order chi connectivity index (χ0) is 15.5. The summed E-state index contributed by atoms with van der Waals surface area (Å²) in [4.78, 5) is 23.7. The van der Waals surface area contributed by atoms with Crippen LogP contribution in [0.15, 0.2) is 30.3 Å². The molecule has 0 radical (unpaired) electrons. The second-order valence-corrected chi connectivity index (χ2v) is 5.40. The van der Waals surface area contributed by atoms with Gasteiger partial charge in [0.15, 0.2) is 5.54 Å². The Morgan fingerprint density at radius 3 is 2.57 bits per heavy atom. The van der Waals surface area contributed by atoms with Crippen molar-refractivity contribution in [3.8, 4) is 0 Å². The molecular formula is C15H20N2O4. The summed E-state index contributed by atoms with van der Waals surface area (Å²) in [5.41, 5.74) is 5.60. The van der Waals surface area contributed by atoms with Crippen molar-refractivity contribution in [1.82, 2.24) is 5.32 Å². The lowest BCUT2D eigenvalue weighted by Crippen LogP contribution is -2.57. The number of amides is 1. The molecule has 0 aromatic heterocycles. The number of carboxylic acids is 1. The minimum Gasteiger partial charge on any atom is -0.479 e. The number of hydrogen-bond donors (Lipinski definition) is 3. The number of nitrogens with two attached hydrogens (primary N) is 1. The molecule has 6 heteroatoms. The molecule has 4 N–H and O–H groups in total. The Balaban J connectivity index is 2.07. The summed E-state index contributed by atoms with van der Waals surface area (Å²) in [6.07, 6.45) is 0.265. The summed E-state index contributed by atoms with van der Waals surface area (Å²) >= 11 is 0. The van der Waals surface area contributed by atoms with Crippen LogP contribution < -0.4 is 11.1 Å². The molecule has 1 aliphatic rings. The molecule has 0 bridgehead atoms. The van der Waals surface area contributed by atoms with Gasteiger partial charge < -0.3 is 20.9 Å². The van der Waals surface area contributed by atoms with Crippen LogP contribution in [0, 0.1) is 5.92 Å². The van der Waals surface area contributed by atoms with Gasteiger partial charge in [0.1, 0.15) is 0 Å². The van der Waals surface area contributed by atoms with Gasteiger partial charge in [0, 0.05) is 19.1 Å². The molecule has 0 spiro atoms. The van der Waals surface area contributed by atoms with Gasteiger partial charge in [0.05, 0.1) is 12.5 Å². The molecule has 114 valence electrons. The maximum Gasteiger partial charge on any atom is 0.331 e. The number of benzene rings is 1. The third kappa shape index (κ3) is 3.22. The van der Waals surface area contributed by atoms with Crippen LogP contribution in [0.5, 0.6) is 0 Å². The van der Waals surface area contributed by atoms with Crippen molar-refractivity contribution in [1.29, 1.82) is 0 Å². The Morgan fingerprint density at radius 2 is 2.05 bits per heavy atom. The number of carbonyl (C=O) groups is 2. The van der Waals surface area contributed by atoms with Gasteiger partial charge in [-0.05, 0) is 5.56 Å². The van der Waals surface area contributed by atoms with Crippen molar-refractivity contribution in [2.45, 2.75) is 24.9 Å². The SMILES string of the molecule is CC(C(=O)NC1(C(=O)O)CCOC1)C(N)c1ccccc1. The normalized spacial score (nSPS) is 24.3. The minimum atomic E-state index is -1.33. The molecular weight excluding hydrogens is 272 g/mol. The van der Waals surface area contributed by atoms with Crippen LogP contribution in [0.2, 0.25) is 0 Å². The summed E-state index contributed by atoms with van der Waals surface area (Å²) in [7, 11) is 0. The van der Waals surface area contributed by atoms with Crippen molar-refractivity contribution in [3.05, 3.63) is 35.9 Å². The maximum absolute atomic E-state index is 12.3. The first-order valence-corrected chi connectivity index (χ1v) is 6.90. The Hall–Kier alpha value is -1.92. The van der Waals surface area contributed by atoms with Crippen LogP contribution in [-0.2, 0) is 14.3 Å². The summed E-state index contributed by atoms with van der Waals surface area (Å²) < 4.78 is 5.12. The first kappa shape index (κ1) is 15.5. The fraction of sp³-hybridized carbons (Fsp3) is 0.467. The van der Waals surface area contributed by atoms with E-state index in [-0.39, 0.29) is 18.9 Å². The van der Waals surface area contributed by atoms with Crippen LogP contribution in [0.25, 0.3) is 0 Å². The molecule has 2 rings (SSSR count). The van der Waals surface area contributed by atoms with Crippen LogP contribution >= 0.6 is 0 Å². The molecule has 1 fully saturated rings. The van der Waals surface area contributed by atoms with E-state index in [1.807, 2.05) is 30.3 Å². The average Bonchev–Trinajstić information content (AvgIpc) is 2.96. The number of aliphatic carboxylic acids is 1. The maximum atomic E-state index is 12.3. The lowest BCUT2D eigenvalue weighted by atomic mass is 9.92. The van der Waals surface area contributed by atoms with E-state index in [4.69, 9.17) is 10.5 Å². The van der Waals surface area contributed by atoms with Gasteiger partial charge in [-0.2, -0.15) is 0 Å². The highest BCUT2D eigenvalue weighted by Crippen LogP contribution is 2.23. The number of carbonyl (C=O) groups excluding carboxylic acids is 1. The van der Waals surface area contributed by atoms with Gasteiger partial charge in [0.2, 0.25) is 5.91 Å². The molecule has 1 aromatic carbocycles. The molecule has 0 aliphatic carbocycles. The highest BCUT2D eigenvalue weighted by Gasteiger charge is 2.44. The first-order valence-electron chi connectivity index (χ1n) is 6.90. The van der Waals surface area contributed by atoms with Gasteiger partial charge in [-0.25, -0.2) is 4.79 Å². The van der Waals surface area contributed by atoms with Crippen LogP contribution in [-0.4, -0.2) is 35.7 Å². The lowest BCUT2D eigenvalue weighted by molar-refractivity contribution is -0.148. The molecule has 1 heterocycles. The fourth-order valence-corrected chi connectivity index (χ4v) is 2.36. The van der Waals surface area contributed by atoms with Gasteiger partial charge in [-0.15, -0.1) is 0 Å². The number of carboxylic acid groups (broad SMARTS) is 1. The topological polar surface area (TPSA) is 102 Å². The Kier molecular flexibility index (Phi) is 4.59. The largest absolute Gasteiger partial charge is 0.479 e. The molecule has 1 amide bonds. The van der Waals surface area contributed by atoms with Crippen LogP contribution in [0.4, 0.5) is 0 Å². The quantitative estimate of drug-likeness (QED) is 0.741. The van der Waals surface area contributed by atoms with Crippen molar-refractivity contribution in [3.63, 3.8) is 0 Å². The van der Waals surface area contributed by atoms with Crippen molar-refractivity contribution < 1.29 is 19.4 Å². The van der Waals surface area contributed by atoms with Gasteiger partial charge in [0.25, 0.3) is 0 Å². The average molecular weight is 292 g/mol. The van der Waals surface area contributed by atoms with Gasteiger partial charge >= 0.3 is 5.97 Å². The fourth-order valence-electron chi connectivity index (χ4n) is 2.36. The highest BCUT2D eigenvalue weighted by molar-refractivity contribution is 5.88. The highest BCUT2D eigenvalue weighted by atomic mass is 16.5. The van der Waals surface area contributed by atoms with E-state index >= 15 is 0 Å². The van der Waals surface area contributed by atoms with E-state index in [9.17, 15) is 14.7 Å². The number of rotatable bonds is 5. The van der Waals surface area contributed by atoms with E-state index in [1.165, 1.54) is 0 Å². The van der Waals surface area contributed by atoms with E-state index in [0.29, 0.717) is 6.61 Å². The second kappa shape index (κ2) is 6.24. The number of hydrogen-bond acceptors (Lipinski definition) is 4. The van der Waals surface area contributed by atoms with E-state index in [0.717, 1.165) is 5.56 Å². The predicted molar refractivity (Wildman–Crippen MR) is 76.5 cm³/mol. The zero-order valence-electron chi connectivity index (χ0n) is 11.9. The molecule has 3 atom stereocenters. The molecule has 3 unspecified atom stereocenters. The summed E-state index contributed by atoms with van der Waals surface area (Å²) in [6.45, 7) is 2.01. The number of nitrogens with one attached hydrogen (secondary N) is 1. The monoisotopic (exact) mass is 292 g/mol. The Labute approximate surface area is 123 Å². The second-order valence-electron chi connectivity index (χ2n) is 5.40. The number of ether oxygens (including phenoxy) is 1. The zero-order valence-corrected chi connectivity index (χ0v) is 11.9. The molecule has 1 aliphatic heterocycles. The molecule has 6 nitrogen and oxygen atoms in total. The van der Waals surface area contributed by atoms with Crippen molar-refractivity contribution in [2.75, 3.05) is 13.2 Å². The summed E-state index contributed by atoms with van der Waals surface area (Å²) in [6, 6.07) is 8.78. The molecule has 1 aromatic rings. The van der Waals surface area contributed by atoms with Crippen molar-refractivity contribution >= 4 is 11.9 Å². The summed E-state index contributed by atoms with van der Waals surface area (Å²) in [5.74, 6) is -1.99. The third-order valence-electron chi connectivity index (χ3n) is 3.93. The smallest absolute Gasteiger partial charge is 0.331 e. The third-order valence-corrected chi connectivity index (χ3v) is 3.93. The predicted octanol–water partition coefficient (Wildman–Crippen LogP) is 0.682. The van der Waals surface area contributed by atoms with E-state index in [1.54, 1.807) is 6.92 Å². The van der Waals surface area contributed by atoms with Crippen molar-refractivity contribution in [2.24, 2.45) is 11.7 Å². The molecule has 21 heavy (non-hydrogen) atoms. The van der Waals surface area contributed by atoms with E-state index in [2.05, 4.69) is 5.32 Å². The summed E-state index contributed by atoms with van der Waals surface area (Å²) in [5, 5.41) is 11.9. The lowest BCUT2D eigenvalue weighted by Gasteiger charge is -2.27. The minimum absolute atomic E-state index is 0.0125. The van der Waals surface area contributed by atoms with Gasteiger partial charge in [-0.1, -0.05) is 37.3 Å². The first-order chi connectivity index (χ1) is 9.96.